The lowest BCUT2D eigenvalue weighted by Gasteiger charge is -2.10. The van der Waals surface area contributed by atoms with Gasteiger partial charge in [0.25, 0.3) is 0 Å². The summed E-state index contributed by atoms with van der Waals surface area (Å²) in [6.45, 7) is 2.17. The minimum Gasteiger partial charge on any atom is -0.456 e. The summed E-state index contributed by atoms with van der Waals surface area (Å²) >= 11 is 0. The van der Waals surface area contributed by atoms with Crippen molar-refractivity contribution in [3.8, 4) is 22.6 Å². The zero-order chi connectivity index (χ0) is 21.1. The van der Waals surface area contributed by atoms with Crippen molar-refractivity contribution in [2.75, 3.05) is 0 Å². The average molecular weight is 404 g/mol. The topological polar surface area (TPSA) is 34.8 Å². The van der Waals surface area contributed by atoms with Gasteiger partial charge in [0, 0.05) is 23.6 Å². The van der Waals surface area contributed by atoms with Crippen LogP contribution >= 0.6 is 0 Å². The third-order valence-electron chi connectivity index (χ3n) is 6.27. The molecule has 4 heteroatoms. The largest absolute Gasteiger partial charge is 0.456 e. The van der Waals surface area contributed by atoms with Gasteiger partial charge in [0.15, 0.2) is 6.20 Å². The van der Waals surface area contributed by atoms with Gasteiger partial charge in [-0.25, -0.2) is 9.55 Å². The van der Waals surface area contributed by atoms with E-state index in [-0.39, 0.29) is 0 Å². The highest BCUT2D eigenvalue weighted by Crippen LogP contribution is 2.34. The van der Waals surface area contributed by atoms with E-state index in [1.54, 1.807) is 0 Å². The lowest BCUT2D eigenvalue weighted by atomic mass is 9.98. The van der Waals surface area contributed by atoms with Crippen LogP contribution in [0.2, 0.25) is 0 Å². The molecule has 0 radical (unpaired) electrons. The number of imidazole rings is 1. The van der Waals surface area contributed by atoms with E-state index in [9.17, 15) is 0 Å². The fourth-order valence-electron chi connectivity index (χ4n) is 4.62. The van der Waals surface area contributed by atoms with E-state index >= 15 is 0 Å². The number of nitrogens with zero attached hydrogens (tertiary/aromatic N) is 3. The maximum atomic E-state index is 6.15. The molecule has 0 aliphatic rings. The van der Waals surface area contributed by atoms with Crippen molar-refractivity contribution < 1.29 is 8.98 Å². The van der Waals surface area contributed by atoms with E-state index in [1.807, 2.05) is 18.2 Å². The average Bonchev–Trinajstić information content (AvgIpc) is 3.31. The molecule has 0 unspecified atom stereocenters. The summed E-state index contributed by atoms with van der Waals surface area (Å²) in [6.07, 6.45) is 2.16. The number of fused-ring (bicyclic) bond motifs is 4. The molecule has 0 aliphatic carbocycles. The zero-order valence-corrected chi connectivity index (χ0v) is 17.8. The monoisotopic (exact) mass is 404 g/mol. The number of furan rings is 1. The van der Waals surface area contributed by atoms with Crippen LogP contribution in [-0.2, 0) is 14.1 Å². The number of hydrogen-bond donors (Lipinski definition) is 0. The van der Waals surface area contributed by atoms with Crippen molar-refractivity contribution in [1.82, 2.24) is 9.55 Å². The molecular formula is C27H22N3O+. The predicted octanol–water partition coefficient (Wildman–Crippen LogP) is 5.94. The minimum atomic E-state index is 0.904. The maximum Gasteiger partial charge on any atom is 0.216 e. The standard InChI is InChI=1S/C27H22N3O/c1-17-18(10-8-11-19(17)27-28-22-12-5-6-13-23(22)30(27)3)24-15-26-21(16-29(24)2)20-9-4-7-14-25(20)31-26/h4-16H,1-3H3/q+1. The van der Waals surface area contributed by atoms with Gasteiger partial charge in [-0.1, -0.05) is 42.5 Å². The second-order valence-electron chi connectivity index (χ2n) is 8.11. The number of aromatic nitrogens is 3. The van der Waals surface area contributed by atoms with Crippen LogP contribution in [0.1, 0.15) is 5.56 Å². The molecule has 0 fully saturated rings. The fourth-order valence-corrected chi connectivity index (χ4v) is 4.62. The van der Waals surface area contributed by atoms with Gasteiger partial charge in [-0.15, -0.1) is 0 Å². The van der Waals surface area contributed by atoms with Crippen molar-refractivity contribution in [1.29, 1.82) is 0 Å². The smallest absolute Gasteiger partial charge is 0.216 e. The second-order valence-corrected chi connectivity index (χ2v) is 8.11. The van der Waals surface area contributed by atoms with Gasteiger partial charge in [-0.2, -0.15) is 0 Å². The highest BCUT2D eigenvalue weighted by molar-refractivity contribution is 6.04. The van der Waals surface area contributed by atoms with Crippen molar-refractivity contribution in [3.05, 3.63) is 84.6 Å². The molecule has 3 heterocycles. The summed E-state index contributed by atoms with van der Waals surface area (Å²) in [5.41, 5.74) is 8.60. The molecule has 4 nitrogen and oxygen atoms in total. The number of aryl methyl sites for hydroxylation is 2. The Labute approximate surface area is 180 Å². The molecule has 0 bridgehead atoms. The quantitative estimate of drug-likeness (QED) is 0.335. The molecule has 0 spiro atoms. The summed E-state index contributed by atoms with van der Waals surface area (Å²) in [5.74, 6) is 0.980. The fraction of sp³-hybridized carbons (Fsp3) is 0.111. The maximum absolute atomic E-state index is 6.15. The Morgan fingerprint density at radius 1 is 0.839 bits per heavy atom. The first-order chi connectivity index (χ1) is 15.1. The molecule has 0 aliphatic heterocycles. The molecule has 3 aromatic carbocycles. The van der Waals surface area contributed by atoms with E-state index in [1.165, 1.54) is 11.1 Å². The Morgan fingerprint density at radius 2 is 1.61 bits per heavy atom. The van der Waals surface area contributed by atoms with Crippen LogP contribution in [0.4, 0.5) is 0 Å². The Morgan fingerprint density at radius 3 is 2.48 bits per heavy atom. The molecule has 150 valence electrons. The lowest BCUT2D eigenvalue weighted by Crippen LogP contribution is -2.30. The Hall–Kier alpha value is -3.92. The molecule has 0 saturated carbocycles. The lowest BCUT2D eigenvalue weighted by molar-refractivity contribution is -0.659. The number of hydrogen-bond acceptors (Lipinski definition) is 2. The van der Waals surface area contributed by atoms with Gasteiger partial charge >= 0.3 is 0 Å². The van der Waals surface area contributed by atoms with E-state index in [0.29, 0.717) is 0 Å². The first-order valence-corrected chi connectivity index (χ1v) is 10.4. The van der Waals surface area contributed by atoms with Crippen molar-refractivity contribution in [2.45, 2.75) is 6.92 Å². The third-order valence-corrected chi connectivity index (χ3v) is 6.27. The molecule has 0 N–H and O–H groups in total. The van der Waals surface area contributed by atoms with Crippen LogP contribution in [0.15, 0.2) is 83.4 Å². The molecule has 0 amide bonds. The van der Waals surface area contributed by atoms with Gasteiger partial charge in [-0.3, -0.25) is 0 Å². The number of para-hydroxylation sites is 3. The molecule has 0 atom stereocenters. The van der Waals surface area contributed by atoms with Crippen LogP contribution in [-0.4, -0.2) is 9.55 Å². The number of benzene rings is 3. The Balaban J connectivity index is 1.57. The second kappa shape index (κ2) is 6.54. The summed E-state index contributed by atoms with van der Waals surface area (Å²) in [7, 11) is 4.18. The zero-order valence-electron chi connectivity index (χ0n) is 17.8. The number of pyridine rings is 1. The van der Waals surface area contributed by atoms with E-state index in [0.717, 1.165) is 50.1 Å². The van der Waals surface area contributed by atoms with Crippen LogP contribution in [0, 0.1) is 6.92 Å². The normalized spacial score (nSPS) is 11.7. The molecule has 6 aromatic rings. The number of rotatable bonds is 2. The van der Waals surface area contributed by atoms with Crippen molar-refractivity contribution in [2.24, 2.45) is 14.1 Å². The van der Waals surface area contributed by atoms with E-state index in [2.05, 4.69) is 90.9 Å². The summed E-state index contributed by atoms with van der Waals surface area (Å²) in [4.78, 5) is 4.92. The molecule has 6 rings (SSSR count). The first-order valence-electron chi connectivity index (χ1n) is 10.4. The predicted molar refractivity (Wildman–Crippen MR) is 125 cm³/mol. The highest BCUT2D eigenvalue weighted by atomic mass is 16.3. The van der Waals surface area contributed by atoms with Crippen LogP contribution in [0.3, 0.4) is 0 Å². The molecular weight excluding hydrogens is 382 g/mol. The summed E-state index contributed by atoms with van der Waals surface area (Å²) < 4.78 is 10.5. The van der Waals surface area contributed by atoms with Gasteiger partial charge in [-0.05, 0) is 36.8 Å². The Kier molecular flexibility index (Phi) is 3.78. The van der Waals surface area contributed by atoms with Crippen molar-refractivity contribution >= 4 is 33.0 Å². The molecule has 3 aromatic heterocycles. The van der Waals surface area contributed by atoms with Crippen LogP contribution in [0.25, 0.3) is 55.6 Å². The van der Waals surface area contributed by atoms with Gasteiger partial charge in [0.1, 0.15) is 24.0 Å². The molecule has 31 heavy (non-hydrogen) atoms. The van der Waals surface area contributed by atoms with Gasteiger partial charge < -0.3 is 8.98 Å². The van der Waals surface area contributed by atoms with Crippen molar-refractivity contribution in [3.63, 3.8) is 0 Å². The third kappa shape index (κ3) is 2.61. The summed E-state index contributed by atoms with van der Waals surface area (Å²) in [5, 5.41) is 2.27. The Bertz CT molecular complexity index is 1620. The van der Waals surface area contributed by atoms with Gasteiger partial charge in [0.2, 0.25) is 5.69 Å². The van der Waals surface area contributed by atoms with Gasteiger partial charge in [0.05, 0.1) is 22.5 Å². The molecule has 0 saturated heterocycles. The van der Waals surface area contributed by atoms with Crippen LogP contribution in [0.5, 0.6) is 0 Å². The van der Waals surface area contributed by atoms with E-state index < -0.39 is 0 Å². The van der Waals surface area contributed by atoms with E-state index in [4.69, 9.17) is 9.40 Å². The minimum absolute atomic E-state index is 0.904. The summed E-state index contributed by atoms with van der Waals surface area (Å²) in [6, 6.07) is 25.0. The highest BCUT2D eigenvalue weighted by Gasteiger charge is 2.21. The first kappa shape index (κ1) is 17.9. The van der Waals surface area contributed by atoms with Crippen LogP contribution < -0.4 is 4.57 Å². The SMILES string of the molecule is Cc1c(-c2nc3ccccc3n2C)cccc1-c1cc2oc3ccccc3c2c[n+]1C.